The van der Waals surface area contributed by atoms with E-state index in [-0.39, 0.29) is 5.91 Å². The maximum atomic E-state index is 13.0. The Labute approximate surface area is 226 Å². The third kappa shape index (κ3) is 5.54. The van der Waals surface area contributed by atoms with Gasteiger partial charge in [-0.1, -0.05) is 55.5 Å². The Bertz CT molecular complexity index is 1270. The summed E-state index contributed by atoms with van der Waals surface area (Å²) in [5.74, 6) is 0.830. The van der Waals surface area contributed by atoms with Crippen molar-refractivity contribution in [1.29, 1.82) is 0 Å². The third-order valence-electron chi connectivity index (χ3n) is 7.23. The second kappa shape index (κ2) is 11.5. The topological polar surface area (TPSA) is 61.4 Å². The van der Waals surface area contributed by atoms with E-state index in [1.54, 1.807) is 35.9 Å². The number of thiophene rings is 1. The molecule has 2 aromatic heterocycles. The fourth-order valence-corrected chi connectivity index (χ4v) is 6.80. The maximum absolute atomic E-state index is 13.0. The molecule has 1 aliphatic heterocycles. The lowest BCUT2D eigenvalue weighted by Gasteiger charge is -2.32. The summed E-state index contributed by atoms with van der Waals surface area (Å²) in [5, 5.41) is 5.40. The number of benzene rings is 1. The van der Waals surface area contributed by atoms with Crippen LogP contribution in [-0.2, 0) is 17.8 Å². The SMILES string of the molecule is CCN(C/C=C/C(=O)N1CCc2c(sc3ncnc(Nc4ccc(Cl)c(Cl)c4)c23)C1)C1CCCCC1. The minimum absolute atomic E-state index is 0.0815. The normalized spacial score (nSPS) is 16.7. The van der Waals surface area contributed by atoms with Crippen LogP contribution in [0.2, 0.25) is 10.0 Å². The van der Waals surface area contributed by atoms with Crippen molar-refractivity contribution in [2.24, 2.45) is 0 Å². The van der Waals surface area contributed by atoms with Crippen molar-refractivity contribution in [2.45, 2.75) is 58.0 Å². The molecule has 1 saturated carbocycles. The number of hydrogen-bond acceptors (Lipinski definition) is 6. The van der Waals surface area contributed by atoms with E-state index < -0.39 is 0 Å². The van der Waals surface area contributed by atoms with Gasteiger partial charge < -0.3 is 10.2 Å². The first-order valence-electron chi connectivity index (χ1n) is 12.7. The van der Waals surface area contributed by atoms with Gasteiger partial charge in [-0.3, -0.25) is 9.69 Å². The van der Waals surface area contributed by atoms with Crippen molar-refractivity contribution in [2.75, 3.05) is 25.0 Å². The zero-order chi connectivity index (χ0) is 25.1. The molecule has 0 saturated heterocycles. The lowest BCUT2D eigenvalue weighted by atomic mass is 9.94. The number of fused-ring (bicyclic) bond motifs is 3. The van der Waals surface area contributed by atoms with Crippen LogP contribution in [0.4, 0.5) is 11.5 Å². The molecule has 6 nitrogen and oxygen atoms in total. The van der Waals surface area contributed by atoms with Gasteiger partial charge in [0.2, 0.25) is 5.91 Å². The van der Waals surface area contributed by atoms with Gasteiger partial charge in [0.1, 0.15) is 17.0 Å². The summed E-state index contributed by atoms with van der Waals surface area (Å²) in [5.41, 5.74) is 2.04. The number of aromatic nitrogens is 2. The van der Waals surface area contributed by atoms with Gasteiger partial charge in [0, 0.05) is 35.8 Å². The average molecular weight is 545 g/mol. The van der Waals surface area contributed by atoms with Crippen LogP contribution in [0.25, 0.3) is 10.2 Å². The molecule has 3 aromatic rings. The number of rotatable bonds is 7. The molecule has 1 aromatic carbocycles. The summed E-state index contributed by atoms with van der Waals surface area (Å²) in [6.07, 6.45) is 12.7. The Morgan fingerprint density at radius 2 is 2.06 bits per heavy atom. The van der Waals surface area contributed by atoms with E-state index in [4.69, 9.17) is 23.2 Å². The van der Waals surface area contributed by atoms with E-state index >= 15 is 0 Å². The van der Waals surface area contributed by atoms with Crippen molar-refractivity contribution in [3.05, 3.63) is 57.2 Å². The first-order chi connectivity index (χ1) is 17.5. The lowest BCUT2D eigenvalue weighted by molar-refractivity contribution is -0.126. The molecule has 3 heterocycles. The Balaban J connectivity index is 1.27. The van der Waals surface area contributed by atoms with Crippen LogP contribution < -0.4 is 5.32 Å². The molecule has 5 rings (SSSR count). The fourth-order valence-electron chi connectivity index (χ4n) is 5.30. The molecular weight excluding hydrogens is 513 g/mol. The van der Waals surface area contributed by atoms with E-state index in [2.05, 4.69) is 27.1 Å². The minimum Gasteiger partial charge on any atom is -0.340 e. The van der Waals surface area contributed by atoms with Crippen LogP contribution in [0.3, 0.4) is 0 Å². The third-order valence-corrected chi connectivity index (χ3v) is 9.09. The quantitative estimate of drug-likeness (QED) is 0.330. The van der Waals surface area contributed by atoms with Gasteiger partial charge in [0.25, 0.3) is 0 Å². The van der Waals surface area contributed by atoms with Crippen LogP contribution in [0.1, 0.15) is 49.5 Å². The summed E-state index contributed by atoms with van der Waals surface area (Å²) in [7, 11) is 0. The van der Waals surface area contributed by atoms with E-state index in [1.807, 2.05) is 17.0 Å². The van der Waals surface area contributed by atoms with E-state index in [0.29, 0.717) is 29.2 Å². The summed E-state index contributed by atoms with van der Waals surface area (Å²) in [6, 6.07) is 6.09. The second-order valence-corrected chi connectivity index (χ2v) is 11.3. The maximum Gasteiger partial charge on any atom is 0.246 e. The smallest absolute Gasteiger partial charge is 0.246 e. The van der Waals surface area contributed by atoms with Crippen molar-refractivity contribution in [1.82, 2.24) is 19.8 Å². The van der Waals surface area contributed by atoms with E-state index in [1.165, 1.54) is 42.5 Å². The Morgan fingerprint density at radius 3 is 2.83 bits per heavy atom. The lowest BCUT2D eigenvalue weighted by Crippen LogP contribution is -2.37. The molecule has 190 valence electrons. The molecule has 0 bridgehead atoms. The number of anilines is 2. The molecule has 1 aliphatic carbocycles. The van der Waals surface area contributed by atoms with Gasteiger partial charge in [-0.05, 0) is 49.6 Å². The van der Waals surface area contributed by atoms with Gasteiger partial charge in [0.05, 0.1) is 22.0 Å². The molecule has 2 aliphatic rings. The number of carbonyl (C=O) groups is 1. The van der Waals surface area contributed by atoms with Gasteiger partial charge >= 0.3 is 0 Å². The number of amides is 1. The molecule has 1 N–H and O–H groups in total. The van der Waals surface area contributed by atoms with E-state index in [9.17, 15) is 4.79 Å². The number of nitrogens with zero attached hydrogens (tertiary/aromatic N) is 4. The van der Waals surface area contributed by atoms with Crippen molar-refractivity contribution in [3.8, 4) is 0 Å². The summed E-state index contributed by atoms with van der Waals surface area (Å²) < 4.78 is 0. The molecular formula is C27H31Cl2N5OS. The minimum atomic E-state index is 0.0815. The summed E-state index contributed by atoms with van der Waals surface area (Å²) in [4.78, 5) is 28.6. The zero-order valence-corrected chi connectivity index (χ0v) is 22.8. The molecule has 1 amide bonds. The van der Waals surface area contributed by atoms with Crippen LogP contribution in [0.5, 0.6) is 0 Å². The second-order valence-electron chi connectivity index (χ2n) is 9.45. The highest BCUT2D eigenvalue weighted by atomic mass is 35.5. The highest BCUT2D eigenvalue weighted by Crippen LogP contribution is 2.38. The van der Waals surface area contributed by atoms with Crippen molar-refractivity contribution in [3.63, 3.8) is 0 Å². The molecule has 0 unspecified atom stereocenters. The average Bonchev–Trinajstić information content (AvgIpc) is 3.28. The monoisotopic (exact) mass is 543 g/mol. The number of carbonyl (C=O) groups excluding carboxylic acids is 1. The van der Waals surface area contributed by atoms with Gasteiger partial charge in [0.15, 0.2) is 0 Å². The number of halogens is 2. The first-order valence-corrected chi connectivity index (χ1v) is 14.3. The summed E-state index contributed by atoms with van der Waals surface area (Å²) in [6.45, 7) is 5.37. The Kier molecular flexibility index (Phi) is 8.11. The molecule has 0 spiro atoms. The Morgan fingerprint density at radius 1 is 1.22 bits per heavy atom. The predicted octanol–water partition coefficient (Wildman–Crippen LogP) is 6.84. The van der Waals surface area contributed by atoms with Gasteiger partial charge in [-0.25, -0.2) is 9.97 Å². The Hall–Kier alpha value is -2.19. The molecule has 36 heavy (non-hydrogen) atoms. The van der Waals surface area contributed by atoms with Crippen LogP contribution >= 0.6 is 34.5 Å². The van der Waals surface area contributed by atoms with Crippen LogP contribution in [0, 0.1) is 0 Å². The van der Waals surface area contributed by atoms with Gasteiger partial charge in [-0.15, -0.1) is 11.3 Å². The van der Waals surface area contributed by atoms with Crippen LogP contribution in [-0.4, -0.2) is 51.4 Å². The van der Waals surface area contributed by atoms with E-state index in [0.717, 1.165) is 41.2 Å². The highest BCUT2D eigenvalue weighted by molar-refractivity contribution is 7.19. The number of likely N-dealkylation sites (N-methyl/N-ethyl adjacent to an activating group) is 1. The molecule has 1 fully saturated rings. The predicted molar refractivity (Wildman–Crippen MR) is 150 cm³/mol. The van der Waals surface area contributed by atoms with Crippen LogP contribution in [0.15, 0.2) is 36.7 Å². The van der Waals surface area contributed by atoms with Crippen molar-refractivity contribution >= 4 is 62.2 Å². The number of nitrogens with one attached hydrogen (secondary N) is 1. The highest BCUT2D eigenvalue weighted by Gasteiger charge is 2.26. The first kappa shape index (κ1) is 25.5. The number of hydrogen-bond donors (Lipinski definition) is 1. The fraction of sp³-hybridized carbons (Fsp3) is 0.444. The van der Waals surface area contributed by atoms with Gasteiger partial charge in [-0.2, -0.15) is 0 Å². The largest absolute Gasteiger partial charge is 0.340 e. The zero-order valence-electron chi connectivity index (χ0n) is 20.5. The molecule has 0 radical (unpaired) electrons. The standard InChI is InChI=1S/C27H31Cl2N5OS/c1-2-33(19-7-4-3-5-8-19)13-6-9-24(35)34-14-12-20-23(16-34)36-27-25(20)26(30-17-31-27)32-18-10-11-21(28)22(29)15-18/h6,9-11,15,17,19H,2-5,7-8,12-14,16H2,1H3,(H,30,31,32)/b9-6+. The molecule has 0 atom stereocenters. The van der Waals surface area contributed by atoms with Crippen molar-refractivity contribution < 1.29 is 4.79 Å². The molecule has 9 heteroatoms. The summed E-state index contributed by atoms with van der Waals surface area (Å²) >= 11 is 13.9.